The summed E-state index contributed by atoms with van der Waals surface area (Å²) in [7, 11) is 0. The standard InChI is InChI=1S/C9H7F3O/c10-9(11,12)6-2-1-5-3-8(13)7(5)4-6/h1-2,4,8,13H,3H2. The first kappa shape index (κ1) is 8.56. The molecule has 1 nitrogen and oxygen atoms in total. The van der Waals surface area contributed by atoms with Gasteiger partial charge in [0.1, 0.15) is 0 Å². The first-order valence-corrected chi connectivity index (χ1v) is 3.86. The fourth-order valence-electron chi connectivity index (χ4n) is 1.45. The van der Waals surface area contributed by atoms with Gasteiger partial charge in [0.05, 0.1) is 11.7 Å². The molecule has 1 unspecified atom stereocenters. The lowest BCUT2D eigenvalue weighted by atomic mass is 9.84. The fourth-order valence-corrected chi connectivity index (χ4v) is 1.45. The fraction of sp³-hybridized carbons (Fsp3) is 0.333. The number of hydrogen-bond acceptors (Lipinski definition) is 1. The Morgan fingerprint density at radius 1 is 1.31 bits per heavy atom. The third-order valence-electron chi connectivity index (χ3n) is 2.25. The van der Waals surface area contributed by atoms with E-state index in [1.54, 1.807) is 0 Å². The van der Waals surface area contributed by atoms with Gasteiger partial charge in [-0.25, -0.2) is 0 Å². The summed E-state index contributed by atoms with van der Waals surface area (Å²) in [4.78, 5) is 0. The van der Waals surface area contributed by atoms with Gasteiger partial charge in [-0.2, -0.15) is 13.2 Å². The van der Waals surface area contributed by atoms with E-state index in [-0.39, 0.29) is 0 Å². The monoisotopic (exact) mass is 188 g/mol. The molecule has 0 saturated carbocycles. The van der Waals surface area contributed by atoms with Gasteiger partial charge in [-0.1, -0.05) is 6.07 Å². The van der Waals surface area contributed by atoms with Crippen LogP contribution in [0.2, 0.25) is 0 Å². The summed E-state index contributed by atoms with van der Waals surface area (Å²) in [5, 5.41) is 9.12. The largest absolute Gasteiger partial charge is 0.416 e. The molecular weight excluding hydrogens is 181 g/mol. The van der Waals surface area contributed by atoms with Gasteiger partial charge in [-0.15, -0.1) is 0 Å². The molecule has 0 radical (unpaired) electrons. The van der Waals surface area contributed by atoms with Crippen LogP contribution in [0.4, 0.5) is 13.2 Å². The zero-order valence-electron chi connectivity index (χ0n) is 6.60. The van der Waals surface area contributed by atoms with Crippen molar-refractivity contribution >= 4 is 0 Å². The van der Waals surface area contributed by atoms with E-state index in [1.165, 1.54) is 6.07 Å². The maximum atomic E-state index is 12.2. The Kier molecular flexibility index (Phi) is 1.63. The van der Waals surface area contributed by atoms with E-state index in [9.17, 15) is 13.2 Å². The van der Waals surface area contributed by atoms with Crippen molar-refractivity contribution in [3.8, 4) is 0 Å². The molecule has 0 saturated heterocycles. The second-order valence-electron chi connectivity index (χ2n) is 3.13. The second kappa shape index (κ2) is 2.48. The van der Waals surface area contributed by atoms with Crippen molar-refractivity contribution in [3.63, 3.8) is 0 Å². The number of halogens is 3. The second-order valence-corrected chi connectivity index (χ2v) is 3.13. The van der Waals surface area contributed by atoms with Crippen LogP contribution in [-0.4, -0.2) is 5.11 Å². The van der Waals surface area contributed by atoms with Gasteiger partial charge in [0, 0.05) is 6.42 Å². The van der Waals surface area contributed by atoms with Gasteiger partial charge in [0.25, 0.3) is 0 Å². The molecule has 1 atom stereocenters. The molecule has 1 aliphatic carbocycles. The summed E-state index contributed by atoms with van der Waals surface area (Å²) in [5.74, 6) is 0. The van der Waals surface area contributed by atoms with Crippen LogP contribution in [0.25, 0.3) is 0 Å². The van der Waals surface area contributed by atoms with Crippen LogP contribution < -0.4 is 0 Å². The maximum Gasteiger partial charge on any atom is 0.416 e. The number of fused-ring (bicyclic) bond motifs is 1. The Labute approximate surface area is 72.8 Å². The van der Waals surface area contributed by atoms with Crippen molar-refractivity contribution in [1.29, 1.82) is 0 Å². The van der Waals surface area contributed by atoms with Crippen LogP contribution in [0.15, 0.2) is 18.2 Å². The molecule has 1 aromatic rings. The molecule has 0 bridgehead atoms. The van der Waals surface area contributed by atoms with Crippen molar-refractivity contribution in [2.45, 2.75) is 18.7 Å². The molecule has 70 valence electrons. The zero-order chi connectivity index (χ0) is 9.64. The number of aliphatic hydroxyl groups is 1. The molecule has 0 amide bonds. The van der Waals surface area contributed by atoms with E-state index < -0.39 is 17.8 Å². The smallest absolute Gasteiger partial charge is 0.388 e. The highest BCUT2D eigenvalue weighted by Gasteiger charge is 2.33. The number of aliphatic hydroxyl groups excluding tert-OH is 1. The maximum absolute atomic E-state index is 12.2. The van der Waals surface area contributed by atoms with Crippen molar-refractivity contribution in [1.82, 2.24) is 0 Å². The molecule has 0 aliphatic heterocycles. The minimum absolute atomic E-state index is 0.412. The molecule has 0 fully saturated rings. The summed E-state index contributed by atoms with van der Waals surface area (Å²) in [5.41, 5.74) is 0.528. The SMILES string of the molecule is OC1Cc2ccc(C(F)(F)F)cc21. The van der Waals surface area contributed by atoms with E-state index in [4.69, 9.17) is 5.11 Å². The normalized spacial score (nSPS) is 20.8. The zero-order valence-corrected chi connectivity index (χ0v) is 6.60. The quantitative estimate of drug-likeness (QED) is 0.662. The van der Waals surface area contributed by atoms with Gasteiger partial charge in [0.15, 0.2) is 0 Å². The highest BCUT2D eigenvalue weighted by atomic mass is 19.4. The number of alkyl halides is 3. The van der Waals surface area contributed by atoms with E-state index in [0.29, 0.717) is 12.0 Å². The summed E-state index contributed by atoms with van der Waals surface area (Å²) >= 11 is 0. The van der Waals surface area contributed by atoms with Crippen LogP contribution in [0.1, 0.15) is 22.8 Å². The van der Waals surface area contributed by atoms with Gasteiger partial charge < -0.3 is 5.11 Å². The molecule has 2 rings (SSSR count). The van der Waals surface area contributed by atoms with Gasteiger partial charge in [-0.05, 0) is 23.3 Å². The van der Waals surface area contributed by atoms with E-state index in [1.807, 2.05) is 0 Å². The molecule has 1 aliphatic rings. The first-order valence-electron chi connectivity index (χ1n) is 3.86. The molecule has 0 spiro atoms. The Balaban J connectivity index is 2.42. The lowest BCUT2D eigenvalue weighted by Gasteiger charge is -2.26. The summed E-state index contributed by atoms with van der Waals surface area (Å²) < 4.78 is 36.5. The van der Waals surface area contributed by atoms with Crippen LogP contribution >= 0.6 is 0 Å². The highest BCUT2D eigenvalue weighted by Crippen LogP contribution is 2.37. The lowest BCUT2D eigenvalue weighted by Crippen LogP contribution is -2.18. The Morgan fingerprint density at radius 3 is 2.54 bits per heavy atom. The molecule has 0 heterocycles. The van der Waals surface area contributed by atoms with Crippen molar-refractivity contribution in [2.75, 3.05) is 0 Å². The molecule has 1 aromatic carbocycles. The minimum Gasteiger partial charge on any atom is -0.388 e. The van der Waals surface area contributed by atoms with E-state index in [2.05, 4.69) is 0 Å². The topological polar surface area (TPSA) is 20.2 Å². The van der Waals surface area contributed by atoms with Crippen molar-refractivity contribution < 1.29 is 18.3 Å². The average molecular weight is 188 g/mol. The number of hydrogen-bond donors (Lipinski definition) is 1. The lowest BCUT2D eigenvalue weighted by molar-refractivity contribution is -0.137. The van der Waals surface area contributed by atoms with Gasteiger partial charge in [0.2, 0.25) is 0 Å². The molecule has 4 heteroatoms. The van der Waals surface area contributed by atoms with Gasteiger partial charge in [-0.3, -0.25) is 0 Å². The average Bonchev–Trinajstić information content (AvgIpc) is 2.00. The van der Waals surface area contributed by atoms with Crippen LogP contribution in [-0.2, 0) is 12.6 Å². The van der Waals surface area contributed by atoms with E-state index in [0.717, 1.165) is 17.7 Å². The van der Waals surface area contributed by atoms with Gasteiger partial charge >= 0.3 is 6.18 Å². The predicted molar refractivity (Wildman–Crippen MR) is 40.1 cm³/mol. The molecular formula is C9H7F3O. The third kappa shape index (κ3) is 1.31. The van der Waals surface area contributed by atoms with Crippen LogP contribution in [0.3, 0.4) is 0 Å². The molecule has 1 N–H and O–H groups in total. The molecule has 0 aromatic heterocycles. The third-order valence-corrected chi connectivity index (χ3v) is 2.25. The Bertz CT molecular complexity index is 343. The summed E-state index contributed by atoms with van der Waals surface area (Å²) in [6, 6.07) is 3.49. The van der Waals surface area contributed by atoms with E-state index >= 15 is 0 Å². The van der Waals surface area contributed by atoms with Crippen LogP contribution in [0, 0.1) is 0 Å². The Hall–Kier alpha value is -1.03. The summed E-state index contributed by atoms with van der Waals surface area (Å²) in [6.45, 7) is 0. The number of benzene rings is 1. The van der Waals surface area contributed by atoms with Crippen LogP contribution in [0.5, 0.6) is 0 Å². The van der Waals surface area contributed by atoms with Crippen molar-refractivity contribution in [3.05, 3.63) is 34.9 Å². The first-order chi connectivity index (χ1) is 5.98. The Morgan fingerprint density at radius 2 is 2.00 bits per heavy atom. The predicted octanol–water partition coefficient (Wildman–Crippen LogP) is 2.29. The molecule has 13 heavy (non-hydrogen) atoms. The summed E-state index contributed by atoms with van der Waals surface area (Å²) in [6.07, 6.45) is -4.56. The highest BCUT2D eigenvalue weighted by molar-refractivity contribution is 5.41. The minimum atomic E-state index is -4.32. The van der Waals surface area contributed by atoms with Crippen molar-refractivity contribution in [2.24, 2.45) is 0 Å². The number of rotatable bonds is 0.